The van der Waals surface area contributed by atoms with Gasteiger partial charge in [0.15, 0.2) is 12.4 Å². The predicted molar refractivity (Wildman–Crippen MR) is 99.4 cm³/mol. The highest BCUT2D eigenvalue weighted by Crippen LogP contribution is 2.13. The first-order valence-electron chi connectivity index (χ1n) is 7.61. The van der Waals surface area contributed by atoms with Crippen LogP contribution in [0.2, 0.25) is 5.02 Å². The number of rotatable bonds is 5. The summed E-state index contributed by atoms with van der Waals surface area (Å²) in [5.74, 6) is 0.0953. The summed E-state index contributed by atoms with van der Waals surface area (Å²) in [6.45, 7) is 0.336. The Kier molecular flexibility index (Phi) is 7.36. The Labute approximate surface area is 171 Å². The molecule has 3 rings (SSSR count). The van der Waals surface area contributed by atoms with Gasteiger partial charge in [-0.2, -0.15) is 4.57 Å². The number of carbonyl (C=O) groups is 1. The van der Waals surface area contributed by atoms with Crippen LogP contribution >= 0.6 is 27.5 Å². The monoisotopic (exact) mass is 479 g/mol. The highest BCUT2D eigenvalue weighted by atomic mass is 79.9. The molecule has 3 aromatic rings. The lowest BCUT2D eigenvalue weighted by Crippen LogP contribution is -3.00. The molecule has 5 heteroatoms. The summed E-state index contributed by atoms with van der Waals surface area (Å²) in [5.41, 5.74) is 3.13. The molecule has 0 N–H and O–H groups in total. The van der Waals surface area contributed by atoms with Gasteiger partial charge in [-0.25, -0.2) is 0 Å². The molecule has 0 aliphatic rings. The maximum Gasteiger partial charge on any atom is 0.227 e. The molecule has 0 saturated heterocycles. The van der Waals surface area contributed by atoms with Crippen LogP contribution in [0.4, 0.5) is 0 Å². The lowest BCUT2D eigenvalue weighted by atomic mass is 10.1. The summed E-state index contributed by atoms with van der Waals surface area (Å²) in [5, 5.41) is 0.746. The average molecular weight is 482 g/mol. The average Bonchev–Trinajstić information content (AvgIpc) is 2.59. The number of hydrogen-bond donors (Lipinski definition) is 0. The third-order valence-corrected chi connectivity index (χ3v) is 4.55. The van der Waals surface area contributed by atoms with Crippen LogP contribution in [0.15, 0.2) is 77.5 Å². The molecule has 128 valence electrons. The smallest absolute Gasteiger partial charge is 0.227 e. The normalized spacial score (nSPS) is 10.2. The number of pyridine rings is 1. The number of hydrogen-bond acceptors (Lipinski definition) is 1. The highest BCUT2D eigenvalue weighted by molar-refractivity contribution is 9.10. The Morgan fingerprint density at radius 2 is 1.44 bits per heavy atom. The van der Waals surface area contributed by atoms with Crippen molar-refractivity contribution in [3.63, 3.8) is 0 Å². The van der Waals surface area contributed by atoms with Crippen molar-refractivity contribution in [2.75, 3.05) is 0 Å². The molecule has 0 unspecified atom stereocenters. The van der Waals surface area contributed by atoms with Crippen molar-refractivity contribution in [2.24, 2.45) is 0 Å². The van der Waals surface area contributed by atoms with Gasteiger partial charge in [-0.1, -0.05) is 51.8 Å². The molecule has 25 heavy (non-hydrogen) atoms. The van der Waals surface area contributed by atoms with E-state index < -0.39 is 0 Å². The van der Waals surface area contributed by atoms with Gasteiger partial charge in [0.1, 0.15) is 0 Å². The molecule has 0 radical (unpaired) electrons. The fourth-order valence-corrected chi connectivity index (χ4v) is 2.83. The molecule has 1 heterocycles. The van der Waals surface area contributed by atoms with E-state index in [-0.39, 0.29) is 22.8 Å². The molecule has 2 aromatic carbocycles. The third-order valence-electron chi connectivity index (χ3n) is 3.77. The van der Waals surface area contributed by atoms with Crippen molar-refractivity contribution in [3.05, 3.63) is 99.2 Å². The molecular weight excluding hydrogens is 465 g/mol. The van der Waals surface area contributed by atoms with Gasteiger partial charge in [0.25, 0.3) is 0 Å². The zero-order valence-electron chi connectivity index (χ0n) is 13.3. The quantitative estimate of drug-likeness (QED) is 0.403. The fourth-order valence-electron chi connectivity index (χ4n) is 2.44. The van der Waals surface area contributed by atoms with E-state index in [0.29, 0.717) is 6.54 Å². The van der Waals surface area contributed by atoms with E-state index in [9.17, 15) is 4.79 Å². The van der Waals surface area contributed by atoms with E-state index in [1.165, 1.54) is 11.1 Å². The summed E-state index contributed by atoms with van der Waals surface area (Å²) < 4.78 is 2.87. The van der Waals surface area contributed by atoms with Gasteiger partial charge >= 0.3 is 0 Å². The minimum atomic E-state index is 0. The van der Waals surface area contributed by atoms with Gasteiger partial charge in [0, 0.05) is 27.2 Å². The van der Waals surface area contributed by atoms with Gasteiger partial charge in [0.2, 0.25) is 12.3 Å². The maximum absolute atomic E-state index is 12.3. The minimum absolute atomic E-state index is 0. The number of ketones is 1. The van der Waals surface area contributed by atoms with E-state index >= 15 is 0 Å². The number of aromatic nitrogens is 1. The standard InChI is InChI=1S/C20H16BrClNO.BrH/c21-18-5-3-17(4-6-18)20(24)14-23-11-9-16(10-12-23)13-15-1-7-19(22)8-2-15;/h1-12H,13-14H2;1H/q+1;/p-1. The van der Waals surface area contributed by atoms with Crippen molar-refractivity contribution in [2.45, 2.75) is 13.0 Å². The zero-order chi connectivity index (χ0) is 16.9. The van der Waals surface area contributed by atoms with Crippen LogP contribution in [0.3, 0.4) is 0 Å². The summed E-state index contributed by atoms with van der Waals surface area (Å²) in [7, 11) is 0. The van der Waals surface area contributed by atoms with Crippen LogP contribution in [-0.4, -0.2) is 5.78 Å². The van der Waals surface area contributed by atoms with Crippen LogP contribution in [0.1, 0.15) is 21.5 Å². The van der Waals surface area contributed by atoms with Gasteiger partial charge in [0.05, 0.1) is 0 Å². The molecule has 0 fully saturated rings. The maximum atomic E-state index is 12.3. The predicted octanol–water partition coefficient (Wildman–Crippen LogP) is 1.87. The summed E-state index contributed by atoms with van der Waals surface area (Å²) in [6, 6.07) is 19.4. The SMILES string of the molecule is O=C(C[n+]1ccc(Cc2ccc(Cl)cc2)cc1)c1ccc(Br)cc1.[Br-]. The van der Waals surface area contributed by atoms with Crippen molar-refractivity contribution >= 4 is 33.3 Å². The summed E-state index contributed by atoms with van der Waals surface area (Å²) >= 11 is 9.28. The van der Waals surface area contributed by atoms with Gasteiger partial charge in [-0.05, 0) is 41.8 Å². The summed E-state index contributed by atoms with van der Waals surface area (Å²) in [4.78, 5) is 12.3. The van der Waals surface area contributed by atoms with Gasteiger partial charge < -0.3 is 17.0 Å². The molecule has 0 aliphatic heterocycles. The Morgan fingerprint density at radius 1 is 0.880 bits per heavy atom. The van der Waals surface area contributed by atoms with E-state index in [1.807, 2.05) is 77.6 Å². The molecular formula is C20H16Br2ClNO. The van der Waals surface area contributed by atoms with Crippen LogP contribution in [0.5, 0.6) is 0 Å². The van der Waals surface area contributed by atoms with E-state index in [4.69, 9.17) is 11.6 Å². The minimum Gasteiger partial charge on any atom is -1.00 e. The zero-order valence-corrected chi connectivity index (χ0v) is 17.3. The Morgan fingerprint density at radius 3 is 2.04 bits per heavy atom. The van der Waals surface area contributed by atoms with Crippen molar-refractivity contribution in [1.82, 2.24) is 0 Å². The van der Waals surface area contributed by atoms with Crippen LogP contribution in [0, 0.1) is 0 Å². The van der Waals surface area contributed by atoms with Crippen molar-refractivity contribution < 1.29 is 26.3 Å². The van der Waals surface area contributed by atoms with Crippen LogP contribution in [-0.2, 0) is 13.0 Å². The second kappa shape index (κ2) is 9.27. The van der Waals surface area contributed by atoms with Crippen LogP contribution in [0.25, 0.3) is 0 Å². The van der Waals surface area contributed by atoms with E-state index in [1.54, 1.807) is 0 Å². The molecule has 0 atom stereocenters. The fraction of sp³-hybridized carbons (Fsp3) is 0.100. The largest absolute Gasteiger partial charge is 1.00 e. The second-order valence-electron chi connectivity index (χ2n) is 5.61. The molecule has 2 nitrogen and oxygen atoms in total. The molecule has 0 saturated carbocycles. The van der Waals surface area contributed by atoms with Crippen LogP contribution < -0.4 is 21.5 Å². The summed E-state index contributed by atoms with van der Waals surface area (Å²) in [6.07, 6.45) is 4.74. The number of halogens is 3. The second-order valence-corrected chi connectivity index (χ2v) is 6.96. The topological polar surface area (TPSA) is 20.9 Å². The lowest BCUT2D eigenvalue weighted by Gasteiger charge is -2.02. The molecule has 0 spiro atoms. The Balaban J connectivity index is 0.00000225. The number of benzene rings is 2. The Hall–Kier alpha value is -1.49. The number of Topliss-reactive ketones (excluding diaryl/α,β-unsaturated/α-hetero) is 1. The van der Waals surface area contributed by atoms with Gasteiger partial charge in [-0.3, -0.25) is 4.79 Å². The highest BCUT2D eigenvalue weighted by Gasteiger charge is 2.12. The first-order chi connectivity index (χ1) is 11.6. The van der Waals surface area contributed by atoms with Crippen molar-refractivity contribution in [3.8, 4) is 0 Å². The number of carbonyl (C=O) groups excluding carboxylic acids is 1. The molecule has 0 bridgehead atoms. The van der Waals surface area contributed by atoms with E-state index in [0.717, 1.165) is 21.5 Å². The third kappa shape index (κ3) is 5.77. The van der Waals surface area contributed by atoms with Crippen molar-refractivity contribution in [1.29, 1.82) is 0 Å². The van der Waals surface area contributed by atoms with Gasteiger partial charge in [-0.15, -0.1) is 0 Å². The molecule has 1 aromatic heterocycles. The first-order valence-corrected chi connectivity index (χ1v) is 8.78. The lowest BCUT2D eigenvalue weighted by molar-refractivity contribution is -0.683. The first kappa shape index (κ1) is 19.8. The number of nitrogens with zero attached hydrogens (tertiary/aromatic N) is 1. The molecule has 0 amide bonds. The van der Waals surface area contributed by atoms with E-state index in [2.05, 4.69) is 15.9 Å². The molecule has 0 aliphatic carbocycles. The Bertz CT molecular complexity index is 831.